The zero-order chi connectivity index (χ0) is 17.0. The highest BCUT2D eigenvalue weighted by atomic mass is 16.2. The van der Waals surface area contributed by atoms with Crippen LogP contribution in [0.1, 0.15) is 39.2 Å². The lowest BCUT2D eigenvalue weighted by Crippen LogP contribution is -2.51. The van der Waals surface area contributed by atoms with Crippen molar-refractivity contribution in [1.82, 2.24) is 9.80 Å². The maximum absolute atomic E-state index is 12.8. The van der Waals surface area contributed by atoms with Gasteiger partial charge in [-0.05, 0) is 38.2 Å². The van der Waals surface area contributed by atoms with Crippen molar-refractivity contribution in [2.24, 2.45) is 11.3 Å². The van der Waals surface area contributed by atoms with Crippen molar-refractivity contribution in [3.8, 4) is 0 Å². The number of carbonyl (C=O) groups is 2. The summed E-state index contributed by atoms with van der Waals surface area (Å²) in [4.78, 5) is 29.1. The van der Waals surface area contributed by atoms with Crippen LogP contribution in [0.25, 0.3) is 0 Å². The number of amides is 2. The maximum atomic E-state index is 12.8. The zero-order valence-electron chi connectivity index (χ0n) is 14.7. The number of carbonyl (C=O) groups excluding carboxylic acids is 2. The van der Waals surface area contributed by atoms with Gasteiger partial charge in [0, 0.05) is 26.7 Å². The highest BCUT2D eigenvalue weighted by Gasteiger charge is 2.41. The Balaban J connectivity index is 2.02. The highest BCUT2D eigenvalue weighted by molar-refractivity contribution is 6.04. The third-order valence-electron chi connectivity index (χ3n) is 4.75. The lowest BCUT2D eigenvalue weighted by atomic mass is 9.88. The topological polar surface area (TPSA) is 40.6 Å². The largest absolute Gasteiger partial charge is 0.342 e. The number of benzene rings is 1. The van der Waals surface area contributed by atoms with Gasteiger partial charge in [-0.25, -0.2) is 0 Å². The van der Waals surface area contributed by atoms with Crippen LogP contribution in [0, 0.1) is 11.3 Å². The molecule has 2 rings (SSSR count). The van der Waals surface area contributed by atoms with E-state index in [1.165, 1.54) is 0 Å². The molecule has 0 atom stereocenters. The van der Waals surface area contributed by atoms with Crippen molar-refractivity contribution in [2.75, 3.05) is 20.1 Å². The molecule has 126 valence electrons. The van der Waals surface area contributed by atoms with Gasteiger partial charge in [0.2, 0.25) is 11.8 Å². The van der Waals surface area contributed by atoms with E-state index in [0.717, 1.165) is 31.5 Å². The Labute approximate surface area is 139 Å². The van der Waals surface area contributed by atoms with Gasteiger partial charge in [0.15, 0.2) is 0 Å². The van der Waals surface area contributed by atoms with E-state index >= 15 is 0 Å². The third-order valence-corrected chi connectivity index (χ3v) is 4.75. The van der Waals surface area contributed by atoms with E-state index in [2.05, 4.69) is 6.92 Å². The summed E-state index contributed by atoms with van der Waals surface area (Å²) in [7, 11) is 1.77. The van der Waals surface area contributed by atoms with Crippen molar-refractivity contribution < 1.29 is 9.59 Å². The van der Waals surface area contributed by atoms with Gasteiger partial charge in [-0.2, -0.15) is 0 Å². The second-order valence-corrected chi connectivity index (χ2v) is 7.25. The van der Waals surface area contributed by atoms with Gasteiger partial charge in [-0.15, -0.1) is 0 Å². The Hall–Kier alpha value is -1.84. The molecule has 1 aromatic rings. The molecule has 2 amide bonds. The Morgan fingerprint density at radius 3 is 2.30 bits per heavy atom. The van der Waals surface area contributed by atoms with Crippen molar-refractivity contribution in [3.63, 3.8) is 0 Å². The van der Waals surface area contributed by atoms with Gasteiger partial charge < -0.3 is 9.80 Å². The fourth-order valence-electron chi connectivity index (χ4n) is 3.10. The number of rotatable bonds is 4. The predicted molar refractivity (Wildman–Crippen MR) is 91.7 cm³/mol. The Bertz CT molecular complexity index is 546. The van der Waals surface area contributed by atoms with Crippen LogP contribution in [0.3, 0.4) is 0 Å². The molecule has 1 heterocycles. The standard InChI is InChI=1S/C19H28N2O2/c1-15-10-12-21(13-11-15)18(23)19(2,3)17(22)20(4)14-16-8-6-5-7-9-16/h5-9,15H,10-14H2,1-4H3. The molecule has 23 heavy (non-hydrogen) atoms. The molecule has 4 heteroatoms. The lowest BCUT2D eigenvalue weighted by molar-refractivity contribution is -0.154. The quantitative estimate of drug-likeness (QED) is 0.801. The average Bonchev–Trinajstić information content (AvgIpc) is 2.55. The van der Waals surface area contributed by atoms with Crippen LogP contribution in [-0.4, -0.2) is 41.8 Å². The molecule has 0 unspecified atom stereocenters. The fraction of sp³-hybridized carbons (Fsp3) is 0.579. The van der Waals surface area contributed by atoms with E-state index in [9.17, 15) is 9.59 Å². The molecule has 0 spiro atoms. The summed E-state index contributed by atoms with van der Waals surface area (Å²) in [5.41, 5.74) is 0.0581. The number of hydrogen-bond donors (Lipinski definition) is 0. The van der Waals surface area contributed by atoms with Crippen molar-refractivity contribution in [1.29, 1.82) is 0 Å². The molecule has 1 fully saturated rings. The summed E-state index contributed by atoms with van der Waals surface area (Å²) >= 11 is 0. The molecule has 4 nitrogen and oxygen atoms in total. The monoisotopic (exact) mass is 316 g/mol. The van der Waals surface area contributed by atoms with E-state index in [4.69, 9.17) is 0 Å². The van der Waals surface area contributed by atoms with Crippen LogP contribution in [0.5, 0.6) is 0 Å². The normalized spacial score (nSPS) is 16.3. The molecular weight excluding hydrogens is 288 g/mol. The summed E-state index contributed by atoms with van der Waals surface area (Å²) in [5.74, 6) is 0.498. The Morgan fingerprint density at radius 2 is 1.74 bits per heavy atom. The van der Waals surface area contributed by atoms with E-state index in [1.54, 1.807) is 25.8 Å². The van der Waals surface area contributed by atoms with Gasteiger partial charge in [0.25, 0.3) is 0 Å². The average molecular weight is 316 g/mol. The summed E-state index contributed by atoms with van der Waals surface area (Å²) in [6.07, 6.45) is 2.05. The van der Waals surface area contributed by atoms with Crippen LogP contribution in [0.15, 0.2) is 30.3 Å². The second kappa shape index (κ2) is 7.16. The molecule has 0 aromatic heterocycles. The lowest BCUT2D eigenvalue weighted by Gasteiger charge is -2.37. The van der Waals surface area contributed by atoms with Gasteiger partial charge in [-0.3, -0.25) is 9.59 Å². The fourth-order valence-corrected chi connectivity index (χ4v) is 3.10. The first-order valence-corrected chi connectivity index (χ1v) is 8.41. The zero-order valence-corrected chi connectivity index (χ0v) is 14.7. The number of nitrogens with zero attached hydrogens (tertiary/aromatic N) is 2. The molecule has 1 aliphatic heterocycles. The van der Waals surface area contributed by atoms with Gasteiger partial charge in [-0.1, -0.05) is 37.3 Å². The molecule has 0 N–H and O–H groups in total. The van der Waals surface area contributed by atoms with Crippen molar-refractivity contribution in [2.45, 2.75) is 40.2 Å². The minimum absolute atomic E-state index is 0.0469. The number of piperidine rings is 1. The van der Waals surface area contributed by atoms with Crippen LogP contribution in [0.4, 0.5) is 0 Å². The van der Waals surface area contributed by atoms with Crippen LogP contribution in [-0.2, 0) is 16.1 Å². The van der Waals surface area contributed by atoms with E-state index in [-0.39, 0.29) is 11.8 Å². The number of likely N-dealkylation sites (tertiary alicyclic amines) is 1. The molecule has 1 aromatic carbocycles. The first-order chi connectivity index (χ1) is 10.8. The third kappa shape index (κ3) is 4.12. The second-order valence-electron chi connectivity index (χ2n) is 7.25. The maximum Gasteiger partial charge on any atom is 0.237 e. The minimum Gasteiger partial charge on any atom is -0.342 e. The van der Waals surface area contributed by atoms with E-state index in [0.29, 0.717) is 12.5 Å². The molecule has 0 bridgehead atoms. The highest BCUT2D eigenvalue weighted by Crippen LogP contribution is 2.26. The van der Waals surface area contributed by atoms with Crippen LogP contribution in [0.2, 0.25) is 0 Å². The first kappa shape index (κ1) is 17.5. The predicted octanol–water partition coefficient (Wildman–Crippen LogP) is 2.93. The first-order valence-electron chi connectivity index (χ1n) is 8.41. The molecule has 0 radical (unpaired) electrons. The van der Waals surface area contributed by atoms with Gasteiger partial charge >= 0.3 is 0 Å². The molecule has 0 aliphatic carbocycles. The Kier molecular flexibility index (Phi) is 5.45. The van der Waals surface area contributed by atoms with Gasteiger partial charge in [0.05, 0.1) is 0 Å². The summed E-state index contributed by atoms with van der Waals surface area (Å²) in [5, 5.41) is 0. The summed E-state index contributed by atoms with van der Waals surface area (Å²) in [6.45, 7) is 7.76. The molecule has 1 aliphatic rings. The number of hydrogen-bond acceptors (Lipinski definition) is 2. The van der Waals surface area contributed by atoms with Gasteiger partial charge in [0.1, 0.15) is 5.41 Å². The smallest absolute Gasteiger partial charge is 0.237 e. The SMILES string of the molecule is CC1CCN(C(=O)C(C)(C)C(=O)N(C)Cc2ccccc2)CC1. The van der Waals surface area contributed by atoms with Crippen LogP contribution < -0.4 is 0 Å². The summed E-state index contributed by atoms with van der Waals surface area (Å²) < 4.78 is 0. The minimum atomic E-state index is -1.01. The van der Waals surface area contributed by atoms with E-state index in [1.807, 2.05) is 35.2 Å². The summed E-state index contributed by atoms with van der Waals surface area (Å²) in [6, 6.07) is 9.85. The van der Waals surface area contributed by atoms with Crippen molar-refractivity contribution >= 4 is 11.8 Å². The molecule has 1 saturated heterocycles. The van der Waals surface area contributed by atoms with E-state index < -0.39 is 5.41 Å². The Morgan fingerprint density at radius 1 is 1.17 bits per heavy atom. The molecular formula is C19H28N2O2. The van der Waals surface area contributed by atoms with Crippen molar-refractivity contribution in [3.05, 3.63) is 35.9 Å². The molecule has 0 saturated carbocycles. The van der Waals surface area contributed by atoms with Crippen LogP contribution >= 0.6 is 0 Å².